The molecule has 19 heavy (non-hydrogen) atoms. The van der Waals surface area contributed by atoms with E-state index in [1.807, 2.05) is 43.3 Å². The van der Waals surface area contributed by atoms with Gasteiger partial charge in [-0.1, -0.05) is 43.3 Å². The van der Waals surface area contributed by atoms with Gasteiger partial charge in [-0.2, -0.15) is 10.4 Å². The van der Waals surface area contributed by atoms with Crippen molar-refractivity contribution in [2.75, 3.05) is 13.7 Å². The fourth-order valence-corrected chi connectivity index (χ4v) is 2.19. The molecule has 1 aliphatic heterocycles. The summed E-state index contributed by atoms with van der Waals surface area (Å²) >= 11 is 0. The highest BCUT2D eigenvalue weighted by molar-refractivity contribution is 5.93. The number of nitriles is 1. The van der Waals surface area contributed by atoms with Gasteiger partial charge in [-0.3, -0.25) is 0 Å². The van der Waals surface area contributed by atoms with Gasteiger partial charge in [-0.25, -0.2) is 0 Å². The predicted octanol–water partition coefficient (Wildman–Crippen LogP) is 2.42. The van der Waals surface area contributed by atoms with Gasteiger partial charge in [0, 0.05) is 13.0 Å². The van der Waals surface area contributed by atoms with Crippen LogP contribution in [0.1, 0.15) is 18.6 Å². The Morgan fingerprint density at radius 2 is 2.11 bits per heavy atom. The normalized spacial score (nSPS) is 25.3. The standard InChI is InChI=1S/C15H17N3O/c1-11-8-12(9-16)10-19-15(14(11)18-17-2)13-6-4-3-5-7-13/h3-8,11,15,17H,10H2,1-2H3/b18-14-/t11-,15?/m0/s1. The monoisotopic (exact) mass is 255 g/mol. The molecule has 0 spiro atoms. The van der Waals surface area contributed by atoms with Crippen molar-refractivity contribution in [2.24, 2.45) is 11.0 Å². The zero-order chi connectivity index (χ0) is 13.7. The number of hydrogen-bond donors (Lipinski definition) is 1. The van der Waals surface area contributed by atoms with Gasteiger partial charge in [0.1, 0.15) is 6.10 Å². The van der Waals surface area contributed by atoms with Gasteiger partial charge in [0.25, 0.3) is 0 Å². The molecule has 98 valence electrons. The third-order valence-corrected chi connectivity index (χ3v) is 3.08. The van der Waals surface area contributed by atoms with E-state index in [-0.39, 0.29) is 12.0 Å². The van der Waals surface area contributed by atoms with E-state index in [1.165, 1.54) is 0 Å². The minimum Gasteiger partial charge on any atom is -0.362 e. The Bertz CT molecular complexity index is 528. The van der Waals surface area contributed by atoms with Crippen molar-refractivity contribution in [3.05, 3.63) is 47.5 Å². The summed E-state index contributed by atoms with van der Waals surface area (Å²) in [6.45, 7) is 2.35. The van der Waals surface area contributed by atoms with Crippen LogP contribution >= 0.6 is 0 Å². The van der Waals surface area contributed by atoms with Crippen LogP contribution in [0.2, 0.25) is 0 Å². The van der Waals surface area contributed by atoms with Crippen molar-refractivity contribution in [1.82, 2.24) is 5.43 Å². The first-order chi connectivity index (χ1) is 9.26. The highest BCUT2D eigenvalue weighted by atomic mass is 16.5. The van der Waals surface area contributed by atoms with Crippen molar-refractivity contribution < 1.29 is 4.74 Å². The minimum atomic E-state index is -0.217. The number of ether oxygens (including phenoxy) is 1. The average Bonchev–Trinajstić information content (AvgIpc) is 2.60. The first-order valence-electron chi connectivity index (χ1n) is 6.27. The molecular weight excluding hydrogens is 238 g/mol. The summed E-state index contributed by atoms with van der Waals surface area (Å²) in [4.78, 5) is 0. The highest BCUT2D eigenvalue weighted by Gasteiger charge is 2.26. The van der Waals surface area contributed by atoms with Crippen LogP contribution in [0.25, 0.3) is 0 Å². The summed E-state index contributed by atoms with van der Waals surface area (Å²) in [5.74, 6) is 0.0646. The molecule has 0 aliphatic carbocycles. The Morgan fingerprint density at radius 3 is 2.74 bits per heavy atom. The van der Waals surface area contributed by atoms with Crippen LogP contribution in [-0.4, -0.2) is 19.4 Å². The van der Waals surface area contributed by atoms with Crippen LogP contribution in [0.15, 0.2) is 47.1 Å². The number of nitrogens with zero attached hydrogens (tertiary/aromatic N) is 2. The Labute approximate surface area is 113 Å². The van der Waals surface area contributed by atoms with Gasteiger partial charge in [-0.05, 0) is 5.56 Å². The molecule has 0 bridgehead atoms. The molecule has 0 fully saturated rings. The summed E-state index contributed by atoms with van der Waals surface area (Å²) in [6, 6.07) is 12.1. The molecule has 0 amide bonds. The quantitative estimate of drug-likeness (QED) is 0.826. The fourth-order valence-electron chi connectivity index (χ4n) is 2.19. The van der Waals surface area contributed by atoms with Gasteiger partial charge in [0.2, 0.25) is 0 Å². The summed E-state index contributed by atoms with van der Waals surface area (Å²) in [6.07, 6.45) is 1.70. The molecule has 0 radical (unpaired) electrons. The molecule has 2 rings (SSSR count). The molecular formula is C15H17N3O. The zero-order valence-corrected chi connectivity index (χ0v) is 11.1. The van der Waals surface area contributed by atoms with Crippen molar-refractivity contribution in [1.29, 1.82) is 5.26 Å². The molecule has 1 N–H and O–H groups in total. The molecule has 1 aromatic carbocycles. The number of nitrogens with one attached hydrogen (secondary N) is 1. The van der Waals surface area contributed by atoms with E-state index < -0.39 is 0 Å². The van der Waals surface area contributed by atoms with E-state index in [0.717, 1.165) is 11.3 Å². The van der Waals surface area contributed by atoms with Crippen LogP contribution in [0.3, 0.4) is 0 Å². The maximum atomic E-state index is 9.05. The van der Waals surface area contributed by atoms with Crippen molar-refractivity contribution in [3.63, 3.8) is 0 Å². The molecule has 1 unspecified atom stereocenters. The summed E-state index contributed by atoms with van der Waals surface area (Å²) < 4.78 is 5.87. The Kier molecular flexibility index (Phi) is 4.32. The van der Waals surface area contributed by atoms with Crippen molar-refractivity contribution in [2.45, 2.75) is 13.0 Å². The maximum absolute atomic E-state index is 9.05. The number of hydrogen-bond acceptors (Lipinski definition) is 4. The molecule has 0 saturated heterocycles. The van der Waals surface area contributed by atoms with E-state index >= 15 is 0 Å². The number of allylic oxidation sites excluding steroid dienone is 1. The van der Waals surface area contributed by atoms with Crippen LogP contribution in [0, 0.1) is 17.2 Å². The smallest absolute Gasteiger partial charge is 0.123 e. The largest absolute Gasteiger partial charge is 0.362 e. The maximum Gasteiger partial charge on any atom is 0.123 e. The van der Waals surface area contributed by atoms with Crippen LogP contribution in [0.4, 0.5) is 0 Å². The topological polar surface area (TPSA) is 57.4 Å². The minimum absolute atomic E-state index is 0.0646. The lowest BCUT2D eigenvalue weighted by Crippen LogP contribution is -2.22. The van der Waals surface area contributed by atoms with E-state index in [1.54, 1.807) is 7.05 Å². The van der Waals surface area contributed by atoms with Gasteiger partial charge in [0.05, 0.1) is 24.0 Å². The third kappa shape index (κ3) is 3.01. The second-order valence-electron chi connectivity index (χ2n) is 4.45. The number of benzene rings is 1. The lowest BCUT2D eigenvalue weighted by atomic mass is 9.95. The SMILES string of the molecule is CN/N=C1\C(c2ccccc2)OCC(C#N)=C[C@@H]1C. The molecule has 0 saturated carbocycles. The Balaban J connectivity index is 2.38. The lowest BCUT2D eigenvalue weighted by Gasteiger charge is -2.20. The average molecular weight is 255 g/mol. The summed E-state index contributed by atoms with van der Waals surface area (Å²) in [5, 5.41) is 13.4. The van der Waals surface area contributed by atoms with Crippen LogP contribution < -0.4 is 5.43 Å². The molecule has 1 heterocycles. The van der Waals surface area contributed by atoms with Crippen molar-refractivity contribution in [3.8, 4) is 6.07 Å². The second-order valence-corrected chi connectivity index (χ2v) is 4.45. The number of rotatable bonds is 2. The molecule has 1 aliphatic rings. The van der Waals surface area contributed by atoms with Crippen molar-refractivity contribution >= 4 is 5.71 Å². The van der Waals surface area contributed by atoms with E-state index in [4.69, 9.17) is 10.00 Å². The molecule has 4 nitrogen and oxygen atoms in total. The van der Waals surface area contributed by atoms with Crippen LogP contribution in [-0.2, 0) is 4.74 Å². The fraction of sp³-hybridized carbons (Fsp3) is 0.333. The van der Waals surface area contributed by atoms with E-state index in [0.29, 0.717) is 12.2 Å². The van der Waals surface area contributed by atoms with Gasteiger partial charge >= 0.3 is 0 Å². The first-order valence-corrected chi connectivity index (χ1v) is 6.27. The Morgan fingerprint density at radius 1 is 1.37 bits per heavy atom. The van der Waals surface area contributed by atoms with E-state index in [2.05, 4.69) is 16.6 Å². The molecule has 0 aromatic heterocycles. The first kappa shape index (κ1) is 13.3. The predicted molar refractivity (Wildman–Crippen MR) is 74.5 cm³/mol. The molecule has 1 aromatic rings. The van der Waals surface area contributed by atoms with Crippen LogP contribution in [0.5, 0.6) is 0 Å². The number of hydrazone groups is 1. The summed E-state index contributed by atoms with van der Waals surface area (Å²) in [5.41, 5.74) is 5.41. The molecule has 4 heteroatoms. The summed E-state index contributed by atoms with van der Waals surface area (Å²) in [7, 11) is 1.77. The van der Waals surface area contributed by atoms with Gasteiger partial charge in [-0.15, -0.1) is 0 Å². The van der Waals surface area contributed by atoms with Gasteiger partial charge in [0.15, 0.2) is 0 Å². The highest BCUT2D eigenvalue weighted by Crippen LogP contribution is 2.27. The van der Waals surface area contributed by atoms with E-state index in [9.17, 15) is 0 Å². The van der Waals surface area contributed by atoms with Gasteiger partial charge < -0.3 is 10.2 Å². The third-order valence-electron chi connectivity index (χ3n) is 3.08. The Hall–Kier alpha value is -2.12. The molecule has 2 atom stereocenters. The second kappa shape index (κ2) is 6.17. The lowest BCUT2D eigenvalue weighted by molar-refractivity contribution is 0.120. The zero-order valence-electron chi connectivity index (χ0n) is 11.1.